The lowest BCUT2D eigenvalue weighted by Gasteiger charge is -2.33. The molecule has 170 valence electrons. The Morgan fingerprint density at radius 3 is 2.19 bits per heavy atom. The summed E-state index contributed by atoms with van der Waals surface area (Å²) in [5.41, 5.74) is 3.22. The van der Waals surface area contributed by atoms with Crippen molar-refractivity contribution >= 4 is 40.9 Å². The predicted molar refractivity (Wildman–Crippen MR) is 121 cm³/mol. The molecule has 0 aromatic heterocycles. The number of nitrogens with zero attached hydrogens (tertiary/aromatic N) is 2. The fourth-order valence-electron chi connectivity index (χ4n) is 3.13. The number of carbonyl (C=O) groups is 3. The number of Topliss-reactive ketones (excluding diaryl/α,β-unsaturated/α-hetero) is 1. The van der Waals surface area contributed by atoms with Gasteiger partial charge in [-0.25, -0.2) is 0 Å². The summed E-state index contributed by atoms with van der Waals surface area (Å²) in [5, 5.41) is 18.8. The van der Waals surface area contributed by atoms with Crippen LogP contribution in [0.3, 0.4) is 0 Å². The Balaban J connectivity index is 0.000000390. The van der Waals surface area contributed by atoms with E-state index >= 15 is 0 Å². The van der Waals surface area contributed by atoms with E-state index in [9.17, 15) is 24.6 Å². The monoisotopic (exact) mass is 454 g/mol. The molecule has 0 radical (unpaired) electrons. The van der Waals surface area contributed by atoms with Gasteiger partial charge < -0.3 is 29.6 Å². The molecule has 0 unspecified atom stereocenters. The van der Waals surface area contributed by atoms with Crippen molar-refractivity contribution < 1.29 is 24.6 Å². The maximum absolute atomic E-state index is 12.1. The van der Waals surface area contributed by atoms with E-state index in [1.807, 2.05) is 13.0 Å². The van der Waals surface area contributed by atoms with Gasteiger partial charge in [-0.3, -0.25) is 4.79 Å². The van der Waals surface area contributed by atoms with E-state index in [2.05, 4.69) is 60.3 Å². The minimum absolute atomic E-state index is 0.204. The zero-order chi connectivity index (χ0) is 23.7. The minimum atomic E-state index is -1.55. The van der Waals surface area contributed by atoms with E-state index in [0.29, 0.717) is 18.6 Å². The average molecular weight is 455 g/mol. The molecule has 7 nitrogen and oxygen atoms in total. The maximum atomic E-state index is 12.1. The van der Waals surface area contributed by atoms with Crippen LogP contribution in [-0.4, -0.2) is 49.8 Å². The Kier molecular flexibility index (Phi) is 9.49. The van der Waals surface area contributed by atoms with E-state index in [-0.39, 0.29) is 5.78 Å². The molecule has 3 rings (SSSR count). The van der Waals surface area contributed by atoms with Crippen molar-refractivity contribution in [1.82, 2.24) is 4.90 Å². The smallest absolute Gasteiger partial charge is 0.162 e. The second kappa shape index (κ2) is 12.1. The molecule has 2 aromatic carbocycles. The van der Waals surface area contributed by atoms with Gasteiger partial charge in [0.2, 0.25) is 0 Å². The molecule has 2 aromatic rings. The molecule has 1 heterocycles. The molecular weight excluding hydrogens is 428 g/mol. The molecule has 0 N–H and O–H groups in total. The molecule has 0 saturated carbocycles. The lowest BCUT2D eigenvalue weighted by atomic mass is 10.1. The molecule has 0 saturated heterocycles. The van der Waals surface area contributed by atoms with Crippen LogP contribution in [0.2, 0.25) is 0 Å². The Morgan fingerprint density at radius 1 is 0.969 bits per heavy atom. The van der Waals surface area contributed by atoms with Gasteiger partial charge in [0.05, 0.1) is 23.3 Å². The largest absolute Gasteiger partial charge is 0.545 e. The fourth-order valence-corrected chi connectivity index (χ4v) is 4.21. The van der Waals surface area contributed by atoms with E-state index in [4.69, 9.17) is 0 Å². The van der Waals surface area contributed by atoms with Gasteiger partial charge in [-0.2, -0.15) is 0 Å². The average Bonchev–Trinajstić information content (AvgIpc) is 2.76. The van der Waals surface area contributed by atoms with Gasteiger partial charge >= 0.3 is 0 Å². The molecule has 0 bridgehead atoms. The quantitative estimate of drug-likeness (QED) is 0.440. The Morgan fingerprint density at radius 2 is 1.59 bits per heavy atom. The number of carboxylic acid groups (broad SMARTS) is 2. The number of rotatable bonds is 8. The molecule has 1 aliphatic rings. The zero-order valence-corrected chi connectivity index (χ0v) is 19.2. The van der Waals surface area contributed by atoms with Crippen LogP contribution in [-0.2, 0) is 9.59 Å². The van der Waals surface area contributed by atoms with Crippen LogP contribution in [0.5, 0.6) is 0 Å². The number of carboxylic acids is 2. The first kappa shape index (κ1) is 25.2. The second-order valence-corrected chi connectivity index (χ2v) is 8.39. The number of carbonyl (C=O) groups excluding carboxylic acids is 3. The Labute approximate surface area is 192 Å². The zero-order valence-electron chi connectivity index (χ0n) is 18.4. The summed E-state index contributed by atoms with van der Waals surface area (Å²) in [6.45, 7) is 3.92. The van der Waals surface area contributed by atoms with Gasteiger partial charge in [0.1, 0.15) is 0 Å². The first-order chi connectivity index (χ1) is 15.2. The lowest BCUT2D eigenvalue weighted by Crippen LogP contribution is -2.25. The van der Waals surface area contributed by atoms with Gasteiger partial charge in [-0.05, 0) is 63.5 Å². The standard InChI is InChI=1S/C20H24N2OS.C4H4O4/c1-4-18(23)15-10-11-20-17(14-15)22(13-7-12-21(2)3)16-8-5-6-9-19(16)24-20;5-3(6)1-2-4(7)8/h5-6,8-11,14H,4,7,12-13H2,1-3H3;1-2H,(H,5,6)(H,7,8)/p-2. The van der Waals surface area contributed by atoms with Crippen molar-refractivity contribution in [2.24, 2.45) is 0 Å². The van der Waals surface area contributed by atoms with Crippen LogP contribution in [0, 0.1) is 0 Å². The third-order valence-electron chi connectivity index (χ3n) is 4.61. The Bertz CT molecular complexity index is 988. The first-order valence-electron chi connectivity index (χ1n) is 10.2. The van der Waals surface area contributed by atoms with E-state index < -0.39 is 11.9 Å². The van der Waals surface area contributed by atoms with Crippen LogP contribution >= 0.6 is 11.8 Å². The highest BCUT2D eigenvalue weighted by Gasteiger charge is 2.23. The van der Waals surface area contributed by atoms with Gasteiger partial charge in [0.15, 0.2) is 5.78 Å². The number of para-hydroxylation sites is 1. The van der Waals surface area contributed by atoms with E-state index in [1.165, 1.54) is 15.5 Å². The number of ketones is 1. The van der Waals surface area contributed by atoms with Crippen molar-refractivity contribution in [2.75, 3.05) is 32.1 Å². The second-order valence-electron chi connectivity index (χ2n) is 7.31. The molecule has 0 atom stereocenters. The van der Waals surface area contributed by atoms with Gasteiger partial charge in [-0.1, -0.05) is 36.9 Å². The van der Waals surface area contributed by atoms with Crippen molar-refractivity contribution in [3.63, 3.8) is 0 Å². The molecule has 0 aliphatic carbocycles. The summed E-state index contributed by atoms with van der Waals surface area (Å²) in [4.78, 5) is 38.0. The van der Waals surface area contributed by atoms with E-state index in [1.54, 1.807) is 11.8 Å². The topological polar surface area (TPSA) is 104 Å². The predicted octanol–water partition coefficient (Wildman–Crippen LogP) is 1.88. The van der Waals surface area contributed by atoms with Gasteiger partial charge in [-0.15, -0.1) is 0 Å². The number of aliphatic carboxylic acids is 2. The van der Waals surface area contributed by atoms with Crippen molar-refractivity contribution in [1.29, 1.82) is 0 Å². The lowest BCUT2D eigenvalue weighted by molar-refractivity contribution is -0.301. The number of hydrogen-bond donors (Lipinski definition) is 0. The van der Waals surface area contributed by atoms with Crippen molar-refractivity contribution in [2.45, 2.75) is 29.6 Å². The van der Waals surface area contributed by atoms with Crippen LogP contribution in [0.4, 0.5) is 11.4 Å². The molecule has 0 fully saturated rings. The molecular formula is C24H26N2O5S-2. The highest BCUT2D eigenvalue weighted by atomic mass is 32.2. The summed E-state index contributed by atoms with van der Waals surface area (Å²) >= 11 is 1.79. The SMILES string of the molecule is CCC(=O)c1ccc2c(c1)N(CCCN(C)C)c1ccccc1S2.O=C([O-])C=CC(=O)[O-]. The summed E-state index contributed by atoms with van der Waals surface area (Å²) in [5.74, 6) is -2.89. The number of anilines is 2. The van der Waals surface area contributed by atoms with Crippen LogP contribution in [0.15, 0.2) is 64.4 Å². The van der Waals surface area contributed by atoms with Gasteiger partial charge in [0.25, 0.3) is 0 Å². The molecule has 1 aliphatic heterocycles. The summed E-state index contributed by atoms with van der Waals surface area (Å²) in [6.07, 6.45) is 2.39. The third kappa shape index (κ3) is 7.25. The van der Waals surface area contributed by atoms with Crippen LogP contribution < -0.4 is 15.1 Å². The summed E-state index contributed by atoms with van der Waals surface area (Å²) in [6, 6.07) is 14.7. The number of fused-ring (bicyclic) bond motifs is 2. The minimum Gasteiger partial charge on any atom is -0.545 e. The van der Waals surface area contributed by atoms with Crippen molar-refractivity contribution in [3.8, 4) is 0 Å². The molecule has 0 amide bonds. The number of benzene rings is 2. The van der Waals surface area contributed by atoms with Gasteiger partial charge in [0, 0.05) is 28.3 Å². The van der Waals surface area contributed by atoms with Crippen LogP contribution in [0.1, 0.15) is 30.1 Å². The first-order valence-corrected chi connectivity index (χ1v) is 11.0. The van der Waals surface area contributed by atoms with E-state index in [0.717, 1.165) is 30.8 Å². The molecule has 8 heteroatoms. The third-order valence-corrected chi connectivity index (χ3v) is 5.74. The highest BCUT2D eigenvalue weighted by molar-refractivity contribution is 7.99. The molecule has 32 heavy (non-hydrogen) atoms. The molecule has 0 spiro atoms. The van der Waals surface area contributed by atoms with Crippen LogP contribution in [0.25, 0.3) is 0 Å². The van der Waals surface area contributed by atoms with Crippen molar-refractivity contribution in [3.05, 3.63) is 60.2 Å². The fraction of sp³-hybridized carbons (Fsp3) is 0.292. The summed E-state index contributed by atoms with van der Waals surface area (Å²) < 4.78 is 0. The Hall–Kier alpha value is -3.10. The number of hydrogen-bond acceptors (Lipinski definition) is 8. The normalized spacial score (nSPS) is 12.1. The highest BCUT2D eigenvalue weighted by Crippen LogP contribution is 2.48. The maximum Gasteiger partial charge on any atom is 0.162 e. The summed E-state index contributed by atoms with van der Waals surface area (Å²) in [7, 11) is 4.21.